The van der Waals surface area contributed by atoms with Gasteiger partial charge in [0.1, 0.15) is 0 Å². The summed E-state index contributed by atoms with van der Waals surface area (Å²) in [5.74, 6) is 0.0186. The Hall–Kier alpha value is -3.34. The number of para-hydroxylation sites is 2. The quantitative estimate of drug-likeness (QED) is 0.576. The number of carbonyl (C=O) groups is 1. The van der Waals surface area contributed by atoms with Gasteiger partial charge in [0.25, 0.3) is 0 Å². The Morgan fingerprint density at radius 1 is 1.04 bits per heavy atom. The number of rotatable bonds is 6. The maximum absolute atomic E-state index is 12.2. The summed E-state index contributed by atoms with van der Waals surface area (Å²) in [6.45, 7) is 1.41. The molecule has 2 aromatic heterocycles. The second-order valence-electron chi connectivity index (χ2n) is 6.26. The van der Waals surface area contributed by atoms with E-state index >= 15 is 0 Å². The topological polar surface area (TPSA) is 51.9 Å². The average molecular weight is 344 g/mol. The summed E-state index contributed by atoms with van der Waals surface area (Å²) in [5.41, 5.74) is 3.20. The van der Waals surface area contributed by atoms with Gasteiger partial charge >= 0.3 is 0 Å². The molecule has 4 aromatic rings. The third-order valence-corrected chi connectivity index (χ3v) is 4.42. The van der Waals surface area contributed by atoms with Gasteiger partial charge in [-0.1, -0.05) is 36.4 Å². The van der Waals surface area contributed by atoms with E-state index in [1.807, 2.05) is 59.6 Å². The number of carbonyl (C=O) groups excluding carboxylic acids is 1. The van der Waals surface area contributed by atoms with Gasteiger partial charge in [-0.3, -0.25) is 4.79 Å². The molecule has 0 aliphatic carbocycles. The summed E-state index contributed by atoms with van der Waals surface area (Å²) in [5, 5.41) is 4.15. The zero-order valence-corrected chi connectivity index (χ0v) is 14.4. The number of anilines is 1. The number of nitrogens with one attached hydrogen (secondary N) is 1. The van der Waals surface area contributed by atoms with Crippen molar-refractivity contribution in [3.05, 3.63) is 85.1 Å². The second-order valence-corrected chi connectivity index (χ2v) is 6.26. The number of hydrogen-bond donors (Lipinski definition) is 1. The molecule has 0 unspecified atom stereocenters. The highest BCUT2D eigenvalue weighted by Crippen LogP contribution is 2.22. The van der Waals surface area contributed by atoms with Gasteiger partial charge in [0, 0.05) is 48.1 Å². The fourth-order valence-electron chi connectivity index (χ4n) is 3.18. The van der Waals surface area contributed by atoms with E-state index in [4.69, 9.17) is 0 Å². The molecule has 0 aliphatic heterocycles. The number of hydrogen-bond acceptors (Lipinski definition) is 2. The number of aromatic nitrogens is 3. The molecule has 0 saturated carbocycles. The Labute approximate surface area is 151 Å². The molecular formula is C21H20N4O. The molecular weight excluding hydrogens is 324 g/mol. The van der Waals surface area contributed by atoms with Crippen molar-refractivity contribution in [3.63, 3.8) is 0 Å². The highest BCUT2D eigenvalue weighted by atomic mass is 16.1. The summed E-state index contributed by atoms with van der Waals surface area (Å²) in [6, 6.07) is 17.9. The fraction of sp³-hybridized carbons (Fsp3) is 0.143. The van der Waals surface area contributed by atoms with E-state index in [9.17, 15) is 4.79 Å². The minimum Gasteiger partial charge on any atom is -0.347 e. The van der Waals surface area contributed by atoms with Gasteiger partial charge < -0.3 is 14.5 Å². The van der Waals surface area contributed by atoms with Crippen molar-refractivity contribution in [2.75, 3.05) is 5.32 Å². The molecule has 4 rings (SSSR count). The zero-order valence-electron chi connectivity index (χ0n) is 14.4. The largest absolute Gasteiger partial charge is 0.347 e. The second kappa shape index (κ2) is 7.27. The lowest BCUT2D eigenvalue weighted by Crippen LogP contribution is -2.14. The number of amides is 1. The first-order valence-corrected chi connectivity index (χ1v) is 8.67. The van der Waals surface area contributed by atoms with E-state index in [0.717, 1.165) is 17.7 Å². The minimum atomic E-state index is 0.0186. The minimum absolute atomic E-state index is 0.0186. The molecule has 0 fully saturated rings. The monoisotopic (exact) mass is 344 g/mol. The van der Waals surface area contributed by atoms with E-state index in [1.165, 1.54) is 10.9 Å². The normalized spacial score (nSPS) is 10.9. The molecule has 0 spiro atoms. The molecule has 0 radical (unpaired) electrons. The molecule has 1 amide bonds. The van der Waals surface area contributed by atoms with Crippen LogP contribution in [0.1, 0.15) is 12.0 Å². The van der Waals surface area contributed by atoms with Crippen LogP contribution in [0, 0.1) is 0 Å². The van der Waals surface area contributed by atoms with Crippen LogP contribution in [0.15, 0.2) is 79.5 Å². The van der Waals surface area contributed by atoms with Gasteiger partial charge in [-0.2, -0.15) is 0 Å². The summed E-state index contributed by atoms with van der Waals surface area (Å²) < 4.78 is 4.21. The van der Waals surface area contributed by atoms with E-state index in [2.05, 4.69) is 33.2 Å². The van der Waals surface area contributed by atoms with Crippen LogP contribution < -0.4 is 5.32 Å². The highest BCUT2D eigenvalue weighted by molar-refractivity contribution is 5.91. The van der Waals surface area contributed by atoms with Crippen molar-refractivity contribution in [1.29, 1.82) is 0 Å². The summed E-state index contributed by atoms with van der Waals surface area (Å²) in [7, 11) is 0. The van der Waals surface area contributed by atoms with Crippen molar-refractivity contribution < 1.29 is 4.79 Å². The number of aryl methyl sites for hydroxylation is 1. The molecule has 0 aliphatic rings. The van der Waals surface area contributed by atoms with Crippen molar-refractivity contribution in [2.24, 2.45) is 0 Å². The van der Waals surface area contributed by atoms with Crippen LogP contribution in [0.2, 0.25) is 0 Å². The first kappa shape index (κ1) is 16.1. The molecule has 0 bridgehead atoms. The van der Waals surface area contributed by atoms with Crippen LogP contribution in [0.3, 0.4) is 0 Å². The summed E-state index contributed by atoms with van der Waals surface area (Å²) in [6.07, 6.45) is 8.13. The first-order valence-electron chi connectivity index (χ1n) is 8.67. The molecule has 2 heterocycles. The predicted octanol–water partition coefficient (Wildman–Crippen LogP) is 3.91. The van der Waals surface area contributed by atoms with Crippen molar-refractivity contribution in [1.82, 2.24) is 14.1 Å². The van der Waals surface area contributed by atoms with Crippen LogP contribution >= 0.6 is 0 Å². The summed E-state index contributed by atoms with van der Waals surface area (Å²) >= 11 is 0. The maximum Gasteiger partial charge on any atom is 0.226 e. The number of fused-ring (bicyclic) bond motifs is 1. The SMILES string of the molecule is O=C(CCn1cc(Cn2ccnc2)c2ccccc21)Nc1ccccc1. The van der Waals surface area contributed by atoms with Gasteiger partial charge in [-0.25, -0.2) is 4.98 Å². The lowest BCUT2D eigenvalue weighted by Gasteiger charge is -2.07. The van der Waals surface area contributed by atoms with Gasteiger partial charge in [0.2, 0.25) is 5.91 Å². The standard InChI is InChI=1S/C21H20N4O/c26-21(23-18-6-2-1-3-7-18)10-12-25-15-17(14-24-13-11-22-16-24)19-8-4-5-9-20(19)25/h1-9,11,13,15-16H,10,12,14H2,(H,23,26). The molecule has 0 saturated heterocycles. The third kappa shape index (κ3) is 3.52. The Balaban J connectivity index is 1.50. The van der Waals surface area contributed by atoms with Gasteiger partial charge in [0.15, 0.2) is 0 Å². The molecule has 130 valence electrons. The predicted molar refractivity (Wildman–Crippen MR) is 103 cm³/mol. The smallest absolute Gasteiger partial charge is 0.226 e. The Morgan fingerprint density at radius 2 is 1.85 bits per heavy atom. The Kier molecular flexibility index (Phi) is 4.51. The van der Waals surface area contributed by atoms with Gasteiger partial charge in [-0.05, 0) is 23.8 Å². The van der Waals surface area contributed by atoms with Crippen LogP contribution in [0.4, 0.5) is 5.69 Å². The lowest BCUT2D eigenvalue weighted by atomic mass is 10.2. The van der Waals surface area contributed by atoms with Crippen molar-refractivity contribution >= 4 is 22.5 Å². The lowest BCUT2D eigenvalue weighted by molar-refractivity contribution is -0.116. The number of nitrogens with zero attached hydrogens (tertiary/aromatic N) is 3. The number of imidazole rings is 1. The van der Waals surface area contributed by atoms with Gasteiger partial charge in [-0.15, -0.1) is 0 Å². The molecule has 5 nitrogen and oxygen atoms in total. The van der Waals surface area contributed by atoms with Crippen molar-refractivity contribution in [3.8, 4) is 0 Å². The van der Waals surface area contributed by atoms with E-state index in [-0.39, 0.29) is 5.91 Å². The maximum atomic E-state index is 12.2. The molecule has 26 heavy (non-hydrogen) atoms. The molecule has 5 heteroatoms. The molecule has 2 aromatic carbocycles. The number of benzene rings is 2. The summed E-state index contributed by atoms with van der Waals surface area (Å²) in [4.78, 5) is 16.4. The Bertz CT molecular complexity index is 1000. The zero-order chi connectivity index (χ0) is 17.8. The van der Waals surface area contributed by atoms with Crippen molar-refractivity contribution in [2.45, 2.75) is 19.5 Å². The fourth-order valence-corrected chi connectivity index (χ4v) is 3.18. The van der Waals surface area contributed by atoms with Crippen LogP contribution in [-0.2, 0) is 17.9 Å². The van der Waals surface area contributed by atoms with Crippen LogP contribution in [0.5, 0.6) is 0 Å². The van der Waals surface area contributed by atoms with Gasteiger partial charge in [0.05, 0.1) is 12.9 Å². The Morgan fingerprint density at radius 3 is 2.65 bits per heavy atom. The van der Waals surface area contributed by atoms with Crippen LogP contribution in [-0.4, -0.2) is 20.0 Å². The average Bonchev–Trinajstić information content (AvgIpc) is 3.30. The third-order valence-electron chi connectivity index (χ3n) is 4.42. The van der Waals surface area contributed by atoms with Crippen LogP contribution in [0.25, 0.3) is 10.9 Å². The van der Waals surface area contributed by atoms with E-state index < -0.39 is 0 Å². The first-order chi connectivity index (χ1) is 12.8. The van der Waals surface area contributed by atoms with E-state index in [0.29, 0.717) is 13.0 Å². The molecule has 1 N–H and O–H groups in total. The van der Waals surface area contributed by atoms with E-state index in [1.54, 1.807) is 6.20 Å². The highest BCUT2D eigenvalue weighted by Gasteiger charge is 2.10. The molecule has 0 atom stereocenters.